The van der Waals surface area contributed by atoms with Crippen LogP contribution >= 0.6 is 11.8 Å². The molecule has 2 heterocycles. The number of carbonyl (C=O) groups is 1. The Morgan fingerprint density at radius 3 is 3.12 bits per heavy atom. The smallest absolute Gasteiger partial charge is 0.315 e. The monoisotopic (exact) mass is 349 g/mol. The van der Waals surface area contributed by atoms with E-state index >= 15 is 0 Å². The van der Waals surface area contributed by atoms with Crippen molar-refractivity contribution in [2.24, 2.45) is 0 Å². The third-order valence-electron chi connectivity index (χ3n) is 3.77. The summed E-state index contributed by atoms with van der Waals surface area (Å²) in [6.45, 7) is 3.15. The fourth-order valence-electron chi connectivity index (χ4n) is 2.70. The van der Waals surface area contributed by atoms with Crippen LogP contribution in [0.15, 0.2) is 29.2 Å². The van der Waals surface area contributed by atoms with Gasteiger partial charge in [0.05, 0.1) is 6.04 Å². The van der Waals surface area contributed by atoms with E-state index in [1.807, 2.05) is 11.6 Å². The minimum absolute atomic E-state index is 0.112. The maximum atomic E-state index is 13.5. The van der Waals surface area contributed by atoms with Crippen LogP contribution in [0.3, 0.4) is 0 Å². The molecule has 24 heavy (non-hydrogen) atoms. The van der Waals surface area contributed by atoms with Gasteiger partial charge in [-0.1, -0.05) is 12.1 Å². The van der Waals surface area contributed by atoms with E-state index in [0.717, 1.165) is 31.0 Å². The van der Waals surface area contributed by atoms with E-state index in [-0.39, 0.29) is 17.9 Å². The van der Waals surface area contributed by atoms with Gasteiger partial charge in [-0.15, -0.1) is 11.8 Å². The first kappa shape index (κ1) is 16.8. The van der Waals surface area contributed by atoms with Crippen LogP contribution in [-0.2, 0) is 6.54 Å². The lowest BCUT2D eigenvalue weighted by Gasteiger charge is -2.23. The first-order chi connectivity index (χ1) is 11.6. The standard InChI is InChI=1S/C16H20FN5OS/c1-11-19-15-13(6-4-9-22(15)21-11)20-16(23)18-8-10-24-14-7-3-2-5-12(14)17/h2-3,5,7,13H,4,6,8-10H2,1H3,(H2,18,20,23)/t13-/m0/s1. The Hall–Kier alpha value is -2.09. The van der Waals surface area contributed by atoms with Gasteiger partial charge in [0, 0.05) is 23.7 Å². The lowest BCUT2D eigenvalue weighted by atomic mass is 10.1. The van der Waals surface area contributed by atoms with Gasteiger partial charge in [-0.05, 0) is 31.9 Å². The Morgan fingerprint density at radius 2 is 2.29 bits per heavy atom. The van der Waals surface area contributed by atoms with Crippen molar-refractivity contribution in [3.8, 4) is 0 Å². The van der Waals surface area contributed by atoms with Crippen molar-refractivity contribution in [3.05, 3.63) is 41.7 Å². The Morgan fingerprint density at radius 1 is 1.46 bits per heavy atom. The van der Waals surface area contributed by atoms with E-state index < -0.39 is 0 Å². The second-order valence-electron chi connectivity index (χ2n) is 5.61. The summed E-state index contributed by atoms with van der Waals surface area (Å²) in [6, 6.07) is 6.28. The molecule has 8 heteroatoms. The maximum Gasteiger partial charge on any atom is 0.315 e. The zero-order valence-electron chi connectivity index (χ0n) is 13.5. The van der Waals surface area contributed by atoms with E-state index in [9.17, 15) is 9.18 Å². The number of hydrogen-bond donors (Lipinski definition) is 2. The van der Waals surface area contributed by atoms with Crippen molar-refractivity contribution in [2.75, 3.05) is 12.3 Å². The molecule has 128 valence electrons. The molecule has 0 aliphatic carbocycles. The van der Waals surface area contributed by atoms with E-state index in [4.69, 9.17) is 0 Å². The fraction of sp³-hybridized carbons (Fsp3) is 0.438. The second kappa shape index (κ2) is 7.65. The summed E-state index contributed by atoms with van der Waals surface area (Å²) in [4.78, 5) is 17.0. The number of aryl methyl sites for hydroxylation is 2. The highest BCUT2D eigenvalue weighted by atomic mass is 32.2. The summed E-state index contributed by atoms with van der Waals surface area (Å²) >= 11 is 1.38. The summed E-state index contributed by atoms with van der Waals surface area (Å²) in [6.07, 6.45) is 1.82. The lowest BCUT2D eigenvalue weighted by Crippen LogP contribution is -2.41. The highest BCUT2D eigenvalue weighted by molar-refractivity contribution is 7.99. The molecular formula is C16H20FN5OS. The highest BCUT2D eigenvalue weighted by Crippen LogP contribution is 2.23. The van der Waals surface area contributed by atoms with Crippen LogP contribution in [0.5, 0.6) is 0 Å². The lowest BCUT2D eigenvalue weighted by molar-refractivity contribution is 0.233. The fourth-order valence-corrected chi connectivity index (χ4v) is 3.51. The number of aromatic nitrogens is 3. The molecule has 0 radical (unpaired) electrons. The summed E-state index contributed by atoms with van der Waals surface area (Å²) in [5.41, 5.74) is 0. The Balaban J connectivity index is 1.44. The number of halogens is 1. The van der Waals surface area contributed by atoms with Crippen LogP contribution in [-0.4, -0.2) is 33.1 Å². The molecule has 1 aliphatic rings. The Kier molecular flexibility index (Phi) is 5.34. The number of hydrogen-bond acceptors (Lipinski definition) is 4. The maximum absolute atomic E-state index is 13.5. The molecule has 1 aromatic carbocycles. The molecule has 1 atom stereocenters. The molecule has 0 unspecified atom stereocenters. The average molecular weight is 349 g/mol. The molecule has 2 amide bonds. The van der Waals surface area contributed by atoms with Gasteiger partial charge < -0.3 is 10.6 Å². The number of rotatable bonds is 5. The molecule has 1 aliphatic heterocycles. The van der Waals surface area contributed by atoms with Crippen LogP contribution < -0.4 is 10.6 Å². The number of thioether (sulfide) groups is 1. The topological polar surface area (TPSA) is 71.8 Å². The SMILES string of the molecule is Cc1nc2n(n1)CCC[C@@H]2NC(=O)NCCSc1ccccc1F. The molecule has 0 saturated carbocycles. The minimum atomic E-state index is -0.233. The van der Waals surface area contributed by atoms with Gasteiger partial charge in [0.15, 0.2) is 0 Å². The third-order valence-corrected chi connectivity index (χ3v) is 4.82. The van der Waals surface area contributed by atoms with Crippen LogP contribution in [0.25, 0.3) is 0 Å². The molecule has 6 nitrogen and oxygen atoms in total. The summed E-state index contributed by atoms with van der Waals surface area (Å²) < 4.78 is 15.4. The highest BCUT2D eigenvalue weighted by Gasteiger charge is 2.24. The van der Waals surface area contributed by atoms with E-state index in [1.165, 1.54) is 17.8 Å². The quantitative estimate of drug-likeness (QED) is 0.643. The van der Waals surface area contributed by atoms with Crippen molar-refractivity contribution in [1.29, 1.82) is 0 Å². The molecule has 0 saturated heterocycles. The van der Waals surface area contributed by atoms with E-state index in [1.54, 1.807) is 18.2 Å². The Bertz CT molecular complexity index is 720. The normalized spacial score (nSPS) is 16.5. The van der Waals surface area contributed by atoms with Crippen molar-refractivity contribution >= 4 is 17.8 Å². The molecule has 3 rings (SSSR count). The van der Waals surface area contributed by atoms with Crippen molar-refractivity contribution in [1.82, 2.24) is 25.4 Å². The van der Waals surface area contributed by atoms with Gasteiger partial charge in [-0.3, -0.25) is 0 Å². The van der Waals surface area contributed by atoms with Crippen LogP contribution in [0.1, 0.15) is 30.5 Å². The first-order valence-corrected chi connectivity index (χ1v) is 8.95. The molecule has 1 aromatic heterocycles. The van der Waals surface area contributed by atoms with Crippen molar-refractivity contribution in [2.45, 2.75) is 37.2 Å². The van der Waals surface area contributed by atoms with Crippen molar-refractivity contribution < 1.29 is 9.18 Å². The number of benzene rings is 1. The number of amides is 2. The molecule has 0 spiro atoms. The predicted molar refractivity (Wildman–Crippen MR) is 90.4 cm³/mol. The molecular weight excluding hydrogens is 329 g/mol. The van der Waals surface area contributed by atoms with Gasteiger partial charge in [0.25, 0.3) is 0 Å². The molecule has 0 bridgehead atoms. The zero-order chi connectivity index (χ0) is 16.9. The van der Waals surface area contributed by atoms with Gasteiger partial charge in [0.2, 0.25) is 0 Å². The van der Waals surface area contributed by atoms with Crippen molar-refractivity contribution in [3.63, 3.8) is 0 Å². The molecule has 0 fully saturated rings. The zero-order valence-corrected chi connectivity index (χ0v) is 14.3. The van der Waals surface area contributed by atoms with Gasteiger partial charge in [-0.25, -0.2) is 18.9 Å². The average Bonchev–Trinajstić information content (AvgIpc) is 2.94. The second-order valence-corrected chi connectivity index (χ2v) is 6.75. The largest absolute Gasteiger partial charge is 0.337 e. The van der Waals surface area contributed by atoms with Gasteiger partial charge in [0.1, 0.15) is 17.5 Å². The van der Waals surface area contributed by atoms with E-state index in [2.05, 4.69) is 20.7 Å². The summed E-state index contributed by atoms with van der Waals surface area (Å²) in [7, 11) is 0. The van der Waals surface area contributed by atoms with Gasteiger partial charge in [-0.2, -0.15) is 5.10 Å². The summed E-state index contributed by atoms with van der Waals surface area (Å²) in [5.74, 6) is 1.91. The molecule has 2 N–H and O–H groups in total. The predicted octanol–water partition coefficient (Wildman–Crippen LogP) is 2.65. The van der Waals surface area contributed by atoms with Crippen LogP contribution in [0.2, 0.25) is 0 Å². The van der Waals surface area contributed by atoms with Crippen LogP contribution in [0.4, 0.5) is 9.18 Å². The third kappa shape index (κ3) is 4.05. The van der Waals surface area contributed by atoms with Gasteiger partial charge >= 0.3 is 6.03 Å². The number of fused-ring (bicyclic) bond motifs is 1. The van der Waals surface area contributed by atoms with E-state index in [0.29, 0.717) is 17.2 Å². The number of urea groups is 1. The number of nitrogens with zero attached hydrogens (tertiary/aromatic N) is 3. The van der Waals surface area contributed by atoms with Crippen LogP contribution in [0, 0.1) is 12.7 Å². The minimum Gasteiger partial charge on any atom is -0.337 e. The number of nitrogens with one attached hydrogen (secondary N) is 2. The summed E-state index contributed by atoms with van der Waals surface area (Å²) in [5, 5.41) is 10.1. The molecule has 2 aromatic rings. The number of carbonyl (C=O) groups excluding carboxylic acids is 1. The Labute approximate surface area is 144 Å². The first-order valence-electron chi connectivity index (χ1n) is 7.96.